The molecule has 3 amide bonds. The van der Waals surface area contributed by atoms with Crippen molar-refractivity contribution in [3.63, 3.8) is 0 Å². The highest BCUT2D eigenvalue weighted by Crippen LogP contribution is 2.36. The lowest BCUT2D eigenvalue weighted by molar-refractivity contribution is -0.135. The SMILES string of the molecule is Cc1[nH]cnc1CN1CCC2(CC1)C(=O)N(CC(C)C)C(=O)N2C. The van der Waals surface area contributed by atoms with Crippen LogP contribution in [0.1, 0.15) is 38.1 Å². The number of aromatic nitrogens is 2. The van der Waals surface area contributed by atoms with Crippen LogP contribution in [0.2, 0.25) is 0 Å². The molecule has 24 heavy (non-hydrogen) atoms. The molecule has 0 radical (unpaired) electrons. The van der Waals surface area contributed by atoms with Crippen molar-refractivity contribution in [2.75, 3.05) is 26.7 Å². The maximum atomic E-state index is 12.9. The summed E-state index contributed by atoms with van der Waals surface area (Å²) in [5.74, 6) is 0.267. The first-order chi connectivity index (χ1) is 11.3. The van der Waals surface area contributed by atoms with E-state index in [0.29, 0.717) is 19.4 Å². The Morgan fingerprint density at radius 3 is 2.50 bits per heavy atom. The van der Waals surface area contributed by atoms with Crippen molar-refractivity contribution in [2.45, 2.75) is 45.7 Å². The molecule has 0 saturated carbocycles. The summed E-state index contributed by atoms with van der Waals surface area (Å²) >= 11 is 0. The van der Waals surface area contributed by atoms with Crippen LogP contribution in [0.3, 0.4) is 0 Å². The number of piperidine rings is 1. The second-order valence-electron chi connectivity index (χ2n) is 7.43. The number of likely N-dealkylation sites (N-methyl/N-ethyl adjacent to an activating group) is 1. The van der Waals surface area contributed by atoms with Crippen LogP contribution in [0, 0.1) is 12.8 Å². The lowest BCUT2D eigenvalue weighted by atomic mass is 9.86. The summed E-state index contributed by atoms with van der Waals surface area (Å²) in [6.07, 6.45) is 3.09. The molecule has 2 aliphatic heterocycles. The van der Waals surface area contributed by atoms with Crippen molar-refractivity contribution >= 4 is 11.9 Å². The van der Waals surface area contributed by atoms with Gasteiger partial charge in [0.2, 0.25) is 0 Å². The van der Waals surface area contributed by atoms with Gasteiger partial charge in [-0.3, -0.25) is 14.6 Å². The van der Waals surface area contributed by atoms with Gasteiger partial charge in [0.15, 0.2) is 0 Å². The smallest absolute Gasteiger partial charge is 0.327 e. The second kappa shape index (κ2) is 6.20. The van der Waals surface area contributed by atoms with Gasteiger partial charge in [0, 0.05) is 38.9 Å². The van der Waals surface area contributed by atoms with Gasteiger partial charge in [-0.15, -0.1) is 0 Å². The van der Waals surface area contributed by atoms with E-state index in [1.54, 1.807) is 18.3 Å². The molecule has 2 aliphatic rings. The van der Waals surface area contributed by atoms with Gasteiger partial charge < -0.3 is 9.88 Å². The van der Waals surface area contributed by atoms with Crippen LogP contribution in [0.15, 0.2) is 6.33 Å². The molecule has 3 rings (SSSR count). The number of amides is 3. The molecule has 0 aromatic carbocycles. The highest BCUT2D eigenvalue weighted by Gasteiger charge is 2.56. The summed E-state index contributed by atoms with van der Waals surface area (Å²) in [4.78, 5) is 38.3. The third kappa shape index (κ3) is 2.70. The molecule has 0 atom stereocenters. The van der Waals surface area contributed by atoms with Crippen molar-refractivity contribution in [1.29, 1.82) is 0 Å². The third-order valence-corrected chi connectivity index (χ3v) is 5.34. The molecule has 0 unspecified atom stereocenters. The van der Waals surface area contributed by atoms with E-state index in [-0.39, 0.29) is 17.9 Å². The average Bonchev–Trinajstić information content (AvgIpc) is 3.02. The molecule has 7 heteroatoms. The minimum atomic E-state index is -0.650. The fourth-order valence-electron chi connectivity index (χ4n) is 3.76. The number of rotatable bonds is 4. The number of H-pyrrole nitrogens is 1. The fourth-order valence-corrected chi connectivity index (χ4v) is 3.76. The Labute approximate surface area is 143 Å². The summed E-state index contributed by atoms with van der Waals surface area (Å²) in [6, 6.07) is -0.148. The standard InChI is InChI=1S/C17H27N5O2/c1-12(2)9-22-15(23)17(20(4)16(22)24)5-7-21(8-6-17)10-14-13(3)18-11-19-14/h11-12H,5-10H2,1-4H3,(H,18,19). The normalized spacial score (nSPS) is 21.5. The van der Waals surface area contributed by atoms with Crippen LogP contribution in [0.5, 0.6) is 0 Å². The number of urea groups is 1. The lowest BCUT2D eigenvalue weighted by Crippen LogP contribution is -2.55. The van der Waals surface area contributed by atoms with E-state index < -0.39 is 5.54 Å². The van der Waals surface area contributed by atoms with E-state index >= 15 is 0 Å². The van der Waals surface area contributed by atoms with E-state index in [4.69, 9.17) is 0 Å². The predicted octanol–water partition coefficient (Wildman–Crippen LogP) is 1.60. The van der Waals surface area contributed by atoms with E-state index in [2.05, 4.69) is 14.9 Å². The molecule has 3 heterocycles. The number of carbonyl (C=O) groups is 2. The maximum Gasteiger partial charge on any atom is 0.327 e. The van der Waals surface area contributed by atoms with Crippen LogP contribution in [-0.2, 0) is 11.3 Å². The maximum absolute atomic E-state index is 12.9. The predicted molar refractivity (Wildman–Crippen MR) is 90.3 cm³/mol. The molecule has 1 N–H and O–H groups in total. The van der Waals surface area contributed by atoms with Crippen LogP contribution >= 0.6 is 0 Å². The van der Waals surface area contributed by atoms with Crippen LogP contribution in [0.4, 0.5) is 4.79 Å². The zero-order chi connectivity index (χ0) is 17.5. The van der Waals surface area contributed by atoms with E-state index in [0.717, 1.165) is 31.0 Å². The van der Waals surface area contributed by atoms with Gasteiger partial charge in [0.25, 0.3) is 5.91 Å². The number of hydrogen-bond donors (Lipinski definition) is 1. The number of imidazole rings is 1. The fraction of sp³-hybridized carbons (Fsp3) is 0.706. The molecule has 1 aromatic heterocycles. The van der Waals surface area contributed by atoms with Crippen molar-refractivity contribution in [3.05, 3.63) is 17.7 Å². The molecular weight excluding hydrogens is 306 g/mol. The average molecular weight is 333 g/mol. The number of carbonyl (C=O) groups excluding carboxylic acids is 2. The molecule has 0 aliphatic carbocycles. The first kappa shape index (κ1) is 17.0. The van der Waals surface area contributed by atoms with Gasteiger partial charge in [0.1, 0.15) is 5.54 Å². The van der Waals surface area contributed by atoms with Crippen molar-refractivity contribution in [2.24, 2.45) is 5.92 Å². The number of likely N-dealkylation sites (tertiary alicyclic amines) is 1. The molecule has 1 spiro atoms. The van der Waals surface area contributed by atoms with E-state index in [1.807, 2.05) is 20.8 Å². The summed E-state index contributed by atoms with van der Waals surface area (Å²) < 4.78 is 0. The zero-order valence-electron chi connectivity index (χ0n) is 15.0. The highest BCUT2D eigenvalue weighted by atomic mass is 16.2. The van der Waals surface area contributed by atoms with Gasteiger partial charge in [-0.1, -0.05) is 13.8 Å². The number of nitrogens with zero attached hydrogens (tertiary/aromatic N) is 4. The van der Waals surface area contributed by atoms with E-state index in [9.17, 15) is 9.59 Å². The highest BCUT2D eigenvalue weighted by molar-refractivity contribution is 6.07. The quantitative estimate of drug-likeness (QED) is 0.850. The largest absolute Gasteiger partial charge is 0.348 e. The minimum absolute atomic E-state index is 0.0145. The van der Waals surface area contributed by atoms with Crippen LogP contribution < -0.4 is 0 Å². The molecule has 2 saturated heterocycles. The Morgan fingerprint density at radius 2 is 1.96 bits per heavy atom. The van der Waals surface area contributed by atoms with Gasteiger partial charge in [-0.2, -0.15) is 0 Å². The summed E-state index contributed by atoms with van der Waals surface area (Å²) in [5.41, 5.74) is 1.49. The van der Waals surface area contributed by atoms with Crippen molar-refractivity contribution in [1.82, 2.24) is 24.7 Å². The Kier molecular flexibility index (Phi) is 4.38. The molecule has 0 bridgehead atoms. The number of imide groups is 1. The first-order valence-corrected chi connectivity index (χ1v) is 8.66. The number of hydrogen-bond acceptors (Lipinski definition) is 4. The monoisotopic (exact) mass is 333 g/mol. The van der Waals surface area contributed by atoms with Gasteiger partial charge >= 0.3 is 6.03 Å². The Bertz CT molecular complexity index is 631. The molecule has 2 fully saturated rings. The van der Waals surface area contributed by atoms with Crippen LogP contribution in [0.25, 0.3) is 0 Å². The van der Waals surface area contributed by atoms with Crippen molar-refractivity contribution in [3.8, 4) is 0 Å². The molecule has 132 valence electrons. The van der Waals surface area contributed by atoms with Crippen LogP contribution in [-0.4, -0.2) is 68.8 Å². The summed E-state index contributed by atoms with van der Waals surface area (Å²) in [6.45, 7) is 8.95. The third-order valence-electron chi connectivity index (χ3n) is 5.34. The Hall–Kier alpha value is -1.89. The van der Waals surface area contributed by atoms with Gasteiger partial charge in [0.05, 0.1) is 12.0 Å². The number of aromatic amines is 1. The zero-order valence-corrected chi connectivity index (χ0v) is 15.0. The summed E-state index contributed by atoms with van der Waals surface area (Å²) in [7, 11) is 1.77. The topological polar surface area (TPSA) is 72.5 Å². The van der Waals surface area contributed by atoms with Crippen molar-refractivity contribution < 1.29 is 9.59 Å². The lowest BCUT2D eigenvalue weighted by Gasteiger charge is -2.40. The van der Waals surface area contributed by atoms with Gasteiger partial charge in [-0.05, 0) is 25.7 Å². The Morgan fingerprint density at radius 1 is 1.29 bits per heavy atom. The molecule has 7 nitrogen and oxygen atoms in total. The minimum Gasteiger partial charge on any atom is -0.348 e. The second-order valence-corrected chi connectivity index (χ2v) is 7.43. The molecular formula is C17H27N5O2. The number of aryl methyl sites for hydroxylation is 1. The van der Waals surface area contributed by atoms with Gasteiger partial charge in [-0.25, -0.2) is 9.78 Å². The van der Waals surface area contributed by atoms with E-state index in [1.165, 1.54) is 4.90 Å². The molecule has 1 aromatic rings. The summed E-state index contributed by atoms with van der Waals surface area (Å²) in [5, 5.41) is 0. The Balaban J connectivity index is 1.69. The number of nitrogens with one attached hydrogen (secondary N) is 1. The first-order valence-electron chi connectivity index (χ1n) is 8.66.